The first kappa shape index (κ1) is 11.2. The van der Waals surface area contributed by atoms with Crippen molar-refractivity contribution in [3.63, 3.8) is 0 Å². The summed E-state index contributed by atoms with van der Waals surface area (Å²) in [5, 5.41) is 10.6. The Balaban J connectivity index is 1.86. The van der Waals surface area contributed by atoms with Gasteiger partial charge in [0.05, 0.1) is 6.10 Å². The van der Waals surface area contributed by atoms with E-state index >= 15 is 0 Å². The second-order valence-electron chi connectivity index (χ2n) is 5.82. The number of aliphatic hydroxyl groups excluding tert-OH is 1. The lowest BCUT2D eigenvalue weighted by atomic mass is 9.67. The molecule has 0 spiro atoms. The number of hydrogen-bond acceptors (Lipinski definition) is 2. The largest absolute Gasteiger partial charge is 0.392 e. The Morgan fingerprint density at radius 3 is 2.24 bits per heavy atom. The van der Waals surface area contributed by atoms with Crippen molar-refractivity contribution in [2.75, 3.05) is 6.54 Å². The minimum atomic E-state index is -0.214. The SMILES string of the molecule is NCC1(C(O)C2CCC2)Cc2ccccc2C1. The highest BCUT2D eigenvalue weighted by Crippen LogP contribution is 2.45. The van der Waals surface area contributed by atoms with E-state index in [1.54, 1.807) is 0 Å². The average molecular weight is 231 g/mol. The number of fused-ring (bicyclic) bond motifs is 1. The summed E-state index contributed by atoms with van der Waals surface area (Å²) in [5.74, 6) is 0.493. The zero-order valence-corrected chi connectivity index (χ0v) is 10.2. The molecule has 1 saturated carbocycles. The quantitative estimate of drug-likeness (QED) is 0.834. The van der Waals surface area contributed by atoms with Crippen molar-refractivity contribution in [3.05, 3.63) is 35.4 Å². The summed E-state index contributed by atoms with van der Waals surface area (Å²) in [4.78, 5) is 0. The van der Waals surface area contributed by atoms with Gasteiger partial charge in [0.15, 0.2) is 0 Å². The van der Waals surface area contributed by atoms with Crippen LogP contribution in [0.5, 0.6) is 0 Å². The zero-order chi connectivity index (χ0) is 11.9. The maximum absolute atomic E-state index is 10.6. The van der Waals surface area contributed by atoms with Gasteiger partial charge in [-0.25, -0.2) is 0 Å². The molecule has 1 aromatic rings. The summed E-state index contributed by atoms with van der Waals surface area (Å²) in [5.41, 5.74) is 8.69. The molecule has 92 valence electrons. The predicted molar refractivity (Wildman–Crippen MR) is 68.7 cm³/mol. The first-order valence-electron chi connectivity index (χ1n) is 6.70. The second kappa shape index (κ2) is 4.11. The van der Waals surface area contributed by atoms with Gasteiger partial charge in [-0.05, 0) is 42.7 Å². The van der Waals surface area contributed by atoms with Crippen LogP contribution in [0.15, 0.2) is 24.3 Å². The summed E-state index contributed by atoms with van der Waals surface area (Å²) < 4.78 is 0. The number of nitrogens with two attached hydrogens (primary N) is 1. The third kappa shape index (κ3) is 1.71. The van der Waals surface area contributed by atoms with Crippen molar-refractivity contribution in [1.82, 2.24) is 0 Å². The van der Waals surface area contributed by atoms with E-state index in [0.717, 1.165) is 12.8 Å². The second-order valence-corrected chi connectivity index (χ2v) is 5.82. The van der Waals surface area contributed by atoms with Gasteiger partial charge >= 0.3 is 0 Å². The van der Waals surface area contributed by atoms with Crippen molar-refractivity contribution < 1.29 is 5.11 Å². The molecule has 17 heavy (non-hydrogen) atoms. The van der Waals surface area contributed by atoms with Crippen molar-refractivity contribution in [2.24, 2.45) is 17.1 Å². The van der Waals surface area contributed by atoms with Crippen molar-refractivity contribution >= 4 is 0 Å². The van der Waals surface area contributed by atoms with Gasteiger partial charge in [0.25, 0.3) is 0 Å². The first-order valence-corrected chi connectivity index (χ1v) is 6.70. The van der Waals surface area contributed by atoms with Crippen molar-refractivity contribution in [2.45, 2.75) is 38.2 Å². The van der Waals surface area contributed by atoms with Crippen molar-refractivity contribution in [1.29, 1.82) is 0 Å². The van der Waals surface area contributed by atoms with Gasteiger partial charge in [0.1, 0.15) is 0 Å². The maximum atomic E-state index is 10.6. The highest BCUT2D eigenvalue weighted by molar-refractivity contribution is 5.35. The first-order chi connectivity index (χ1) is 8.25. The molecule has 2 nitrogen and oxygen atoms in total. The van der Waals surface area contributed by atoms with E-state index in [0.29, 0.717) is 12.5 Å². The van der Waals surface area contributed by atoms with Crippen LogP contribution in [0.4, 0.5) is 0 Å². The lowest BCUT2D eigenvalue weighted by Crippen LogP contribution is -2.48. The summed E-state index contributed by atoms with van der Waals surface area (Å²) in [6, 6.07) is 8.53. The van der Waals surface area contributed by atoms with Crippen LogP contribution in [-0.4, -0.2) is 17.8 Å². The molecular weight excluding hydrogens is 210 g/mol. The summed E-state index contributed by atoms with van der Waals surface area (Å²) in [6.07, 6.45) is 5.33. The van der Waals surface area contributed by atoms with E-state index in [4.69, 9.17) is 5.73 Å². The van der Waals surface area contributed by atoms with Gasteiger partial charge in [-0.1, -0.05) is 30.7 Å². The molecule has 1 aromatic carbocycles. The van der Waals surface area contributed by atoms with Crippen LogP contribution in [0.25, 0.3) is 0 Å². The molecule has 2 aliphatic rings. The number of rotatable bonds is 3. The summed E-state index contributed by atoms with van der Waals surface area (Å²) in [6.45, 7) is 0.597. The van der Waals surface area contributed by atoms with Crippen LogP contribution in [0.2, 0.25) is 0 Å². The molecule has 3 N–H and O–H groups in total. The smallest absolute Gasteiger partial charge is 0.0643 e. The monoisotopic (exact) mass is 231 g/mol. The minimum absolute atomic E-state index is 0.0885. The molecule has 0 amide bonds. The van der Waals surface area contributed by atoms with E-state index in [9.17, 15) is 5.11 Å². The van der Waals surface area contributed by atoms with Crippen LogP contribution in [-0.2, 0) is 12.8 Å². The third-order valence-electron chi connectivity index (χ3n) is 4.83. The standard InChI is InChI=1S/C15H21NO/c16-10-15(14(17)11-6-3-7-11)8-12-4-1-2-5-13(12)9-15/h1-2,4-5,11,14,17H,3,6-10,16H2. The highest BCUT2D eigenvalue weighted by Gasteiger charge is 2.46. The lowest BCUT2D eigenvalue weighted by Gasteiger charge is -2.41. The Morgan fingerprint density at radius 1 is 1.24 bits per heavy atom. The number of aliphatic hydroxyl groups is 1. The molecule has 1 unspecified atom stereocenters. The molecule has 0 aromatic heterocycles. The van der Waals surface area contributed by atoms with E-state index in [2.05, 4.69) is 24.3 Å². The Hall–Kier alpha value is -0.860. The van der Waals surface area contributed by atoms with E-state index < -0.39 is 0 Å². The Bertz CT molecular complexity index is 386. The molecule has 0 bridgehead atoms. The number of hydrogen-bond donors (Lipinski definition) is 2. The van der Waals surface area contributed by atoms with Gasteiger partial charge in [-0.3, -0.25) is 0 Å². The third-order valence-corrected chi connectivity index (χ3v) is 4.83. The molecule has 2 aliphatic carbocycles. The van der Waals surface area contributed by atoms with E-state index in [1.165, 1.54) is 30.4 Å². The Morgan fingerprint density at radius 2 is 1.82 bits per heavy atom. The lowest BCUT2D eigenvalue weighted by molar-refractivity contribution is -0.0361. The summed E-state index contributed by atoms with van der Waals surface area (Å²) >= 11 is 0. The topological polar surface area (TPSA) is 46.2 Å². The molecule has 0 aliphatic heterocycles. The van der Waals surface area contributed by atoms with Gasteiger partial charge < -0.3 is 10.8 Å². The molecule has 1 atom stereocenters. The van der Waals surface area contributed by atoms with Crippen LogP contribution >= 0.6 is 0 Å². The fraction of sp³-hybridized carbons (Fsp3) is 0.600. The molecule has 2 heteroatoms. The fourth-order valence-electron chi connectivity index (χ4n) is 3.45. The minimum Gasteiger partial charge on any atom is -0.392 e. The molecule has 1 fully saturated rings. The van der Waals surface area contributed by atoms with Crippen LogP contribution < -0.4 is 5.73 Å². The Kier molecular flexibility index (Phi) is 2.72. The van der Waals surface area contributed by atoms with Crippen LogP contribution in [0.1, 0.15) is 30.4 Å². The predicted octanol–water partition coefficient (Wildman–Crippen LogP) is 1.89. The normalized spacial score (nSPS) is 24.1. The number of benzene rings is 1. The summed E-state index contributed by atoms with van der Waals surface area (Å²) in [7, 11) is 0. The molecular formula is C15H21NO. The fourth-order valence-corrected chi connectivity index (χ4v) is 3.45. The van der Waals surface area contributed by atoms with Crippen LogP contribution in [0.3, 0.4) is 0 Å². The van der Waals surface area contributed by atoms with E-state index in [1.807, 2.05) is 0 Å². The van der Waals surface area contributed by atoms with Crippen LogP contribution in [0, 0.1) is 11.3 Å². The van der Waals surface area contributed by atoms with Gasteiger partial charge in [-0.2, -0.15) is 0 Å². The zero-order valence-electron chi connectivity index (χ0n) is 10.2. The molecule has 0 saturated heterocycles. The average Bonchev–Trinajstić information content (AvgIpc) is 2.66. The maximum Gasteiger partial charge on any atom is 0.0643 e. The molecule has 0 radical (unpaired) electrons. The van der Waals surface area contributed by atoms with Gasteiger partial charge in [0, 0.05) is 12.0 Å². The Labute approximate surface area is 103 Å². The van der Waals surface area contributed by atoms with Crippen molar-refractivity contribution in [3.8, 4) is 0 Å². The molecule has 3 rings (SSSR count). The van der Waals surface area contributed by atoms with Gasteiger partial charge in [-0.15, -0.1) is 0 Å². The highest BCUT2D eigenvalue weighted by atomic mass is 16.3. The molecule has 0 heterocycles. The van der Waals surface area contributed by atoms with Gasteiger partial charge in [0.2, 0.25) is 0 Å². The van der Waals surface area contributed by atoms with E-state index in [-0.39, 0.29) is 11.5 Å².